The third-order valence-corrected chi connectivity index (χ3v) is 7.18. The van der Waals surface area contributed by atoms with Gasteiger partial charge in [0.1, 0.15) is 0 Å². The predicted molar refractivity (Wildman–Crippen MR) is 115 cm³/mol. The lowest BCUT2D eigenvalue weighted by Gasteiger charge is -2.34. The van der Waals surface area contributed by atoms with Gasteiger partial charge < -0.3 is 4.74 Å². The molecule has 0 amide bonds. The summed E-state index contributed by atoms with van der Waals surface area (Å²) in [4.78, 5) is 5.16. The molecule has 0 saturated carbocycles. The summed E-state index contributed by atoms with van der Waals surface area (Å²) >= 11 is 0. The topological polar surface area (TPSA) is 53.1 Å². The van der Waals surface area contributed by atoms with Crippen molar-refractivity contribution in [2.75, 3.05) is 53.5 Å². The molecule has 1 saturated heterocycles. The van der Waals surface area contributed by atoms with Gasteiger partial charge >= 0.3 is 0 Å². The van der Waals surface area contributed by atoms with Crippen molar-refractivity contribution in [2.45, 2.75) is 18.0 Å². The van der Waals surface area contributed by atoms with Crippen LogP contribution in [0.4, 0.5) is 0 Å². The Kier molecular flexibility index (Phi) is 7.80. The Bertz CT molecular complexity index is 849. The van der Waals surface area contributed by atoms with Crippen LogP contribution in [0.5, 0.6) is 0 Å². The minimum atomic E-state index is -3.50. The van der Waals surface area contributed by atoms with Gasteiger partial charge in [0, 0.05) is 60.0 Å². The lowest BCUT2D eigenvalue weighted by atomic mass is 10.2. The average molecular weight is 418 g/mol. The molecule has 0 aromatic heterocycles. The molecule has 2 aromatic carbocycles. The zero-order chi connectivity index (χ0) is 20.7. The Morgan fingerprint density at radius 3 is 2.14 bits per heavy atom. The molecule has 0 spiro atoms. The van der Waals surface area contributed by atoms with E-state index in [-0.39, 0.29) is 0 Å². The molecular weight excluding hydrogens is 386 g/mol. The van der Waals surface area contributed by atoms with Crippen molar-refractivity contribution in [1.82, 2.24) is 14.1 Å². The maximum atomic E-state index is 12.9. The SMILES string of the molecule is COCCN1CCN(Cc2ccc(S(=O)(=O)N(C)Cc3ccccc3)cc2)CC1. The van der Waals surface area contributed by atoms with Crippen LogP contribution in [0.3, 0.4) is 0 Å². The second kappa shape index (κ2) is 10.3. The second-order valence-electron chi connectivity index (χ2n) is 7.50. The standard InChI is InChI=1S/C22H31N3O3S/c1-23(18-20-6-4-3-5-7-20)29(26,27)22-10-8-21(9-11-22)19-25-14-12-24(13-15-25)16-17-28-2/h3-11H,12-19H2,1-2H3. The average Bonchev–Trinajstić information content (AvgIpc) is 2.74. The van der Waals surface area contributed by atoms with Crippen molar-refractivity contribution in [3.05, 3.63) is 65.7 Å². The van der Waals surface area contributed by atoms with E-state index in [1.54, 1.807) is 26.3 Å². The maximum Gasteiger partial charge on any atom is 0.243 e. The van der Waals surface area contributed by atoms with Crippen molar-refractivity contribution in [3.8, 4) is 0 Å². The summed E-state index contributed by atoms with van der Waals surface area (Å²) in [6, 6.07) is 16.9. The number of piperazine rings is 1. The van der Waals surface area contributed by atoms with E-state index in [1.807, 2.05) is 42.5 Å². The number of ether oxygens (including phenoxy) is 1. The Labute approximate surface area is 174 Å². The van der Waals surface area contributed by atoms with Crippen molar-refractivity contribution >= 4 is 10.0 Å². The van der Waals surface area contributed by atoms with Gasteiger partial charge in [0.15, 0.2) is 0 Å². The van der Waals surface area contributed by atoms with E-state index in [2.05, 4.69) is 9.80 Å². The first-order valence-electron chi connectivity index (χ1n) is 10.0. The highest BCUT2D eigenvalue weighted by molar-refractivity contribution is 7.89. The Morgan fingerprint density at radius 2 is 1.52 bits per heavy atom. The van der Waals surface area contributed by atoms with Crippen molar-refractivity contribution in [1.29, 1.82) is 0 Å². The van der Waals surface area contributed by atoms with Gasteiger partial charge in [0.05, 0.1) is 11.5 Å². The smallest absolute Gasteiger partial charge is 0.243 e. The number of nitrogens with zero attached hydrogens (tertiary/aromatic N) is 3. The van der Waals surface area contributed by atoms with Crippen LogP contribution in [0.2, 0.25) is 0 Å². The lowest BCUT2D eigenvalue weighted by molar-refractivity contribution is 0.0938. The van der Waals surface area contributed by atoms with E-state index in [9.17, 15) is 8.42 Å². The van der Waals surface area contributed by atoms with Crippen molar-refractivity contribution < 1.29 is 13.2 Å². The van der Waals surface area contributed by atoms with E-state index in [0.29, 0.717) is 11.4 Å². The van der Waals surface area contributed by atoms with Crippen LogP contribution >= 0.6 is 0 Å². The zero-order valence-electron chi connectivity index (χ0n) is 17.3. The quantitative estimate of drug-likeness (QED) is 0.627. The molecule has 0 aliphatic carbocycles. The number of benzene rings is 2. The molecule has 1 aliphatic heterocycles. The molecule has 0 radical (unpaired) electrons. The van der Waals surface area contributed by atoms with E-state index >= 15 is 0 Å². The Hall–Kier alpha value is -1.77. The summed E-state index contributed by atoms with van der Waals surface area (Å²) in [5.41, 5.74) is 2.11. The summed E-state index contributed by atoms with van der Waals surface area (Å²) in [5, 5.41) is 0. The fraction of sp³-hybridized carbons (Fsp3) is 0.455. The van der Waals surface area contributed by atoms with E-state index in [0.717, 1.165) is 57.0 Å². The summed E-state index contributed by atoms with van der Waals surface area (Å²) in [6.45, 7) is 7.08. The highest BCUT2D eigenvalue weighted by Crippen LogP contribution is 2.18. The van der Waals surface area contributed by atoms with Gasteiger partial charge in [0.2, 0.25) is 10.0 Å². The summed E-state index contributed by atoms with van der Waals surface area (Å²) < 4.78 is 32.3. The molecule has 0 N–H and O–H groups in total. The van der Waals surface area contributed by atoms with Crippen LogP contribution in [0.25, 0.3) is 0 Å². The van der Waals surface area contributed by atoms with Gasteiger partial charge in [-0.15, -0.1) is 0 Å². The summed E-state index contributed by atoms with van der Waals surface area (Å²) in [6.07, 6.45) is 0. The van der Waals surface area contributed by atoms with Gasteiger partial charge in [-0.2, -0.15) is 4.31 Å². The normalized spacial score (nSPS) is 16.4. The molecular formula is C22H31N3O3S. The van der Waals surface area contributed by atoms with Gasteiger partial charge in [-0.05, 0) is 23.3 Å². The molecule has 29 heavy (non-hydrogen) atoms. The third kappa shape index (κ3) is 6.10. The van der Waals surface area contributed by atoms with Crippen LogP contribution in [0.15, 0.2) is 59.5 Å². The molecule has 0 atom stereocenters. The molecule has 158 valence electrons. The number of methoxy groups -OCH3 is 1. The van der Waals surface area contributed by atoms with Crippen LogP contribution < -0.4 is 0 Å². The maximum absolute atomic E-state index is 12.9. The molecule has 6 nitrogen and oxygen atoms in total. The van der Waals surface area contributed by atoms with E-state index in [1.165, 1.54) is 4.31 Å². The first-order valence-corrected chi connectivity index (χ1v) is 11.5. The van der Waals surface area contributed by atoms with Gasteiger partial charge in [-0.25, -0.2) is 8.42 Å². The molecule has 7 heteroatoms. The zero-order valence-corrected chi connectivity index (χ0v) is 18.1. The molecule has 0 unspecified atom stereocenters. The van der Waals surface area contributed by atoms with Crippen LogP contribution in [-0.2, 0) is 27.8 Å². The van der Waals surface area contributed by atoms with Crippen LogP contribution in [0.1, 0.15) is 11.1 Å². The Balaban J connectivity index is 1.55. The monoisotopic (exact) mass is 417 g/mol. The minimum Gasteiger partial charge on any atom is -0.383 e. The molecule has 3 rings (SSSR count). The molecule has 1 heterocycles. The fourth-order valence-electron chi connectivity index (χ4n) is 3.52. The largest absolute Gasteiger partial charge is 0.383 e. The van der Waals surface area contributed by atoms with Gasteiger partial charge in [-0.1, -0.05) is 42.5 Å². The summed E-state index contributed by atoms with van der Waals surface area (Å²) in [7, 11) is -0.142. The highest BCUT2D eigenvalue weighted by Gasteiger charge is 2.21. The number of hydrogen-bond donors (Lipinski definition) is 0. The molecule has 1 fully saturated rings. The molecule has 2 aromatic rings. The minimum absolute atomic E-state index is 0.337. The summed E-state index contributed by atoms with van der Waals surface area (Å²) in [5.74, 6) is 0. The highest BCUT2D eigenvalue weighted by atomic mass is 32.2. The lowest BCUT2D eigenvalue weighted by Crippen LogP contribution is -2.46. The Morgan fingerprint density at radius 1 is 0.897 bits per heavy atom. The molecule has 1 aliphatic rings. The van der Waals surface area contributed by atoms with Gasteiger partial charge in [-0.3, -0.25) is 9.80 Å². The van der Waals surface area contributed by atoms with Crippen molar-refractivity contribution in [2.24, 2.45) is 0 Å². The molecule has 0 bridgehead atoms. The third-order valence-electron chi connectivity index (χ3n) is 5.36. The first-order chi connectivity index (χ1) is 14.0. The second-order valence-corrected chi connectivity index (χ2v) is 9.55. The van der Waals surface area contributed by atoms with Crippen LogP contribution in [-0.4, -0.2) is 76.0 Å². The predicted octanol–water partition coefficient (Wildman–Crippen LogP) is 2.27. The van der Waals surface area contributed by atoms with E-state index < -0.39 is 10.0 Å². The van der Waals surface area contributed by atoms with E-state index in [4.69, 9.17) is 4.74 Å². The number of hydrogen-bond acceptors (Lipinski definition) is 5. The van der Waals surface area contributed by atoms with Crippen molar-refractivity contribution in [3.63, 3.8) is 0 Å². The number of sulfonamides is 1. The first kappa shape index (κ1) is 21.9. The number of rotatable bonds is 9. The van der Waals surface area contributed by atoms with Crippen LogP contribution in [0, 0.1) is 0 Å². The fourth-order valence-corrected chi connectivity index (χ4v) is 4.68. The van der Waals surface area contributed by atoms with Gasteiger partial charge in [0.25, 0.3) is 0 Å².